The van der Waals surface area contributed by atoms with Gasteiger partial charge in [-0.3, -0.25) is 0 Å². The number of hydrogen-bond donors (Lipinski definition) is 3. The van der Waals surface area contributed by atoms with Crippen molar-refractivity contribution in [3.8, 4) is 0 Å². The van der Waals surface area contributed by atoms with E-state index in [1.54, 1.807) is 19.1 Å². The lowest BCUT2D eigenvalue weighted by Crippen LogP contribution is -2.42. The molecule has 0 aliphatic carbocycles. The number of pyridine rings is 1. The van der Waals surface area contributed by atoms with Gasteiger partial charge in [-0.1, -0.05) is 11.6 Å². The van der Waals surface area contributed by atoms with Crippen molar-refractivity contribution < 1.29 is 10.2 Å². The Hall–Kier alpha value is -0.840. The molecule has 1 aromatic rings. The molecule has 14 heavy (non-hydrogen) atoms. The van der Waals surface area contributed by atoms with Gasteiger partial charge in [0, 0.05) is 6.20 Å². The summed E-state index contributed by atoms with van der Waals surface area (Å²) >= 11 is 5.66. The summed E-state index contributed by atoms with van der Waals surface area (Å²) in [4.78, 5) is 3.99. The molecule has 0 aliphatic heterocycles. The fourth-order valence-corrected chi connectivity index (χ4v) is 1.000. The lowest BCUT2D eigenvalue weighted by molar-refractivity contribution is 0.147. The summed E-state index contributed by atoms with van der Waals surface area (Å²) in [5, 5.41) is 21.5. The first-order valence-electron chi connectivity index (χ1n) is 4.21. The van der Waals surface area contributed by atoms with Gasteiger partial charge in [0.1, 0.15) is 5.82 Å². The van der Waals surface area contributed by atoms with Crippen LogP contribution in [0.3, 0.4) is 0 Å². The SMILES string of the molecule is CC(CO)(CO)Nc1ccc(Cl)cn1. The van der Waals surface area contributed by atoms with E-state index in [1.165, 1.54) is 6.20 Å². The molecule has 0 radical (unpaired) electrons. The van der Waals surface area contributed by atoms with E-state index in [-0.39, 0.29) is 13.2 Å². The van der Waals surface area contributed by atoms with Crippen molar-refractivity contribution in [3.63, 3.8) is 0 Å². The van der Waals surface area contributed by atoms with Crippen LogP contribution in [0.1, 0.15) is 6.92 Å². The summed E-state index contributed by atoms with van der Waals surface area (Å²) in [6.07, 6.45) is 1.50. The molecule has 78 valence electrons. The Morgan fingerprint density at radius 1 is 1.43 bits per heavy atom. The van der Waals surface area contributed by atoms with E-state index >= 15 is 0 Å². The lowest BCUT2D eigenvalue weighted by atomic mass is 10.1. The Morgan fingerprint density at radius 2 is 2.07 bits per heavy atom. The van der Waals surface area contributed by atoms with Gasteiger partial charge in [-0.15, -0.1) is 0 Å². The smallest absolute Gasteiger partial charge is 0.126 e. The summed E-state index contributed by atoms with van der Waals surface area (Å²) in [7, 11) is 0. The molecule has 4 nitrogen and oxygen atoms in total. The molecule has 1 aromatic heterocycles. The Kier molecular flexibility index (Phi) is 3.69. The zero-order valence-corrected chi connectivity index (χ0v) is 8.62. The largest absolute Gasteiger partial charge is 0.394 e. The van der Waals surface area contributed by atoms with Crippen LogP contribution in [0.25, 0.3) is 0 Å². The zero-order valence-electron chi connectivity index (χ0n) is 7.87. The Labute approximate surface area is 87.6 Å². The van der Waals surface area contributed by atoms with Crippen molar-refractivity contribution in [1.82, 2.24) is 4.98 Å². The molecule has 3 N–H and O–H groups in total. The van der Waals surface area contributed by atoms with Gasteiger partial charge in [-0.25, -0.2) is 4.98 Å². The minimum atomic E-state index is -0.763. The number of nitrogens with zero attached hydrogens (tertiary/aromatic N) is 1. The highest BCUT2D eigenvalue weighted by atomic mass is 35.5. The summed E-state index contributed by atoms with van der Waals surface area (Å²) in [5.74, 6) is 0.569. The first kappa shape index (κ1) is 11.2. The second kappa shape index (κ2) is 4.59. The van der Waals surface area contributed by atoms with Crippen molar-refractivity contribution >= 4 is 17.4 Å². The Morgan fingerprint density at radius 3 is 2.50 bits per heavy atom. The number of aliphatic hydroxyl groups is 2. The van der Waals surface area contributed by atoms with Crippen molar-refractivity contribution in [1.29, 1.82) is 0 Å². The second-order valence-electron chi connectivity index (χ2n) is 3.36. The third kappa shape index (κ3) is 2.83. The summed E-state index contributed by atoms with van der Waals surface area (Å²) in [5.41, 5.74) is -0.763. The number of aromatic nitrogens is 1. The highest BCUT2D eigenvalue weighted by Gasteiger charge is 2.21. The first-order valence-corrected chi connectivity index (χ1v) is 4.59. The number of halogens is 1. The molecule has 0 fully saturated rings. The molecular formula is C9H13ClN2O2. The van der Waals surface area contributed by atoms with Crippen molar-refractivity contribution in [2.75, 3.05) is 18.5 Å². The number of nitrogens with one attached hydrogen (secondary N) is 1. The summed E-state index contributed by atoms with van der Waals surface area (Å²) < 4.78 is 0. The van der Waals surface area contributed by atoms with Gasteiger partial charge in [-0.2, -0.15) is 0 Å². The third-order valence-corrected chi connectivity index (χ3v) is 2.08. The maximum absolute atomic E-state index is 9.02. The predicted molar refractivity (Wildman–Crippen MR) is 55.4 cm³/mol. The van der Waals surface area contributed by atoms with E-state index in [9.17, 15) is 0 Å². The maximum Gasteiger partial charge on any atom is 0.126 e. The minimum absolute atomic E-state index is 0.173. The standard InChI is InChI=1S/C9H13ClN2O2/c1-9(5-13,6-14)12-8-3-2-7(10)4-11-8/h2-4,13-14H,5-6H2,1H3,(H,11,12). The van der Waals surface area contributed by atoms with Crippen LogP contribution in [0.2, 0.25) is 5.02 Å². The Balaban J connectivity index is 2.72. The molecule has 0 unspecified atom stereocenters. The van der Waals surface area contributed by atoms with E-state index in [0.717, 1.165) is 0 Å². The number of hydrogen-bond acceptors (Lipinski definition) is 4. The monoisotopic (exact) mass is 216 g/mol. The van der Waals surface area contributed by atoms with Gasteiger partial charge in [0.25, 0.3) is 0 Å². The van der Waals surface area contributed by atoms with E-state index in [1.807, 2.05) is 0 Å². The average Bonchev–Trinajstić information content (AvgIpc) is 2.21. The number of aliphatic hydroxyl groups excluding tert-OH is 2. The van der Waals surface area contributed by atoms with Crippen LogP contribution in [-0.2, 0) is 0 Å². The summed E-state index contributed by atoms with van der Waals surface area (Å²) in [6.45, 7) is 1.35. The fraction of sp³-hybridized carbons (Fsp3) is 0.444. The van der Waals surface area contributed by atoms with E-state index in [0.29, 0.717) is 10.8 Å². The topological polar surface area (TPSA) is 65.4 Å². The molecule has 0 saturated carbocycles. The fourth-order valence-electron chi connectivity index (χ4n) is 0.888. The van der Waals surface area contributed by atoms with Gasteiger partial charge in [0.15, 0.2) is 0 Å². The van der Waals surface area contributed by atoms with Crippen LogP contribution in [0, 0.1) is 0 Å². The molecule has 1 rings (SSSR count). The van der Waals surface area contributed by atoms with Crippen molar-refractivity contribution in [3.05, 3.63) is 23.4 Å². The van der Waals surface area contributed by atoms with Gasteiger partial charge < -0.3 is 15.5 Å². The molecule has 0 saturated heterocycles. The molecular weight excluding hydrogens is 204 g/mol. The molecule has 0 aliphatic rings. The summed E-state index contributed by atoms with van der Waals surface area (Å²) in [6, 6.07) is 3.37. The normalized spacial score (nSPS) is 11.4. The highest BCUT2D eigenvalue weighted by Crippen LogP contribution is 2.14. The zero-order chi connectivity index (χ0) is 10.6. The average molecular weight is 217 g/mol. The highest BCUT2D eigenvalue weighted by molar-refractivity contribution is 6.30. The molecule has 0 bridgehead atoms. The van der Waals surface area contributed by atoms with Gasteiger partial charge in [0.2, 0.25) is 0 Å². The first-order chi connectivity index (χ1) is 6.59. The van der Waals surface area contributed by atoms with Crippen LogP contribution in [0.4, 0.5) is 5.82 Å². The van der Waals surface area contributed by atoms with E-state index in [2.05, 4.69) is 10.3 Å². The molecule has 0 spiro atoms. The molecule has 0 amide bonds. The molecule has 5 heteroatoms. The minimum Gasteiger partial charge on any atom is -0.394 e. The van der Waals surface area contributed by atoms with Crippen LogP contribution in [-0.4, -0.2) is 33.9 Å². The lowest BCUT2D eigenvalue weighted by Gasteiger charge is -2.26. The Bertz CT molecular complexity index is 285. The molecule has 1 heterocycles. The van der Waals surface area contributed by atoms with Gasteiger partial charge >= 0.3 is 0 Å². The van der Waals surface area contributed by atoms with E-state index in [4.69, 9.17) is 21.8 Å². The van der Waals surface area contributed by atoms with Crippen LogP contribution >= 0.6 is 11.6 Å². The number of rotatable bonds is 4. The molecule has 0 aromatic carbocycles. The second-order valence-corrected chi connectivity index (χ2v) is 3.80. The molecule has 0 atom stereocenters. The van der Waals surface area contributed by atoms with Crippen LogP contribution in [0.15, 0.2) is 18.3 Å². The van der Waals surface area contributed by atoms with Crippen LogP contribution in [0.5, 0.6) is 0 Å². The number of anilines is 1. The van der Waals surface area contributed by atoms with Crippen molar-refractivity contribution in [2.24, 2.45) is 0 Å². The van der Waals surface area contributed by atoms with Gasteiger partial charge in [0.05, 0.1) is 23.8 Å². The van der Waals surface area contributed by atoms with Gasteiger partial charge in [-0.05, 0) is 19.1 Å². The van der Waals surface area contributed by atoms with Crippen molar-refractivity contribution in [2.45, 2.75) is 12.5 Å². The van der Waals surface area contributed by atoms with E-state index < -0.39 is 5.54 Å². The predicted octanol–water partition coefficient (Wildman–Crippen LogP) is 0.890. The third-order valence-electron chi connectivity index (χ3n) is 1.86. The maximum atomic E-state index is 9.02. The van der Waals surface area contributed by atoms with Crippen LogP contribution < -0.4 is 5.32 Å². The quantitative estimate of drug-likeness (QED) is 0.700.